The summed E-state index contributed by atoms with van der Waals surface area (Å²) >= 11 is 8.59. The van der Waals surface area contributed by atoms with Gasteiger partial charge in [-0.25, -0.2) is 0 Å². The van der Waals surface area contributed by atoms with Crippen LogP contribution in [0.25, 0.3) is 11.1 Å². The second-order valence-electron chi connectivity index (χ2n) is 2.98. The third-order valence-electron chi connectivity index (χ3n) is 2.01. The maximum absolute atomic E-state index is 10.5. The maximum Gasteiger partial charge on any atom is 0.150 e. The number of benzene rings is 1. The van der Waals surface area contributed by atoms with Crippen LogP contribution in [0.3, 0.4) is 0 Å². The summed E-state index contributed by atoms with van der Waals surface area (Å²) in [7, 11) is 0. The van der Waals surface area contributed by atoms with Gasteiger partial charge >= 0.3 is 0 Å². The highest BCUT2D eigenvalue weighted by atomic mass is 79.9. The fourth-order valence-corrected chi connectivity index (χ4v) is 4.15. The molecule has 0 saturated heterocycles. The Labute approximate surface area is 108 Å². The van der Waals surface area contributed by atoms with Gasteiger partial charge in [0.05, 0.1) is 7.57 Å². The molecule has 0 aliphatic heterocycles. The number of thiophene rings is 1. The van der Waals surface area contributed by atoms with Gasteiger partial charge in [0.1, 0.15) is 6.29 Å². The minimum atomic E-state index is 0.698. The molecule has 0 N–H and O–H groups in total. The van der Waals surface area contributed by atoms with Crippen molar-refractivity contribution in [3.05, 3.63) is 43.5 Å². The number of carbonyl (C=O) groups excluding carboxylic acids is 1. The predicted octanol–water partition coefficient (Wildman–Crippen LogP) is 4.75. The second-order valence-corrected chi connectivity index (χ2v) is 6.73. The van der Waals surface area contributed by atoms with Gasteiger partial charge in [0, 0.05) is 11.1 Å². The Morgan fingerprint density at radius 1 is 1.13 bits per heavy atom. The van der Waals surface area contributed by atoms with Gasteiger partial charge in [0.25, 0.3) is 0 Å². The molecule has 0 radical (unpaired) electrons. The molecular weight excluding hydrogens is 340 g/mol. The van der Waals surface area contributed by atoms with E-state index in [1.165, 1.54) is 0 Å². The van der Waals surface area contributed by atoms with E-state index < -0.39 is 0 Å². The first-order valence-electron chi connectivity index (χ1n) is 4.21. The van der Waals surface area contributed by atoms with Gasteiger partial charge in [0.15, 0.2) is 0 Å². The van der Waals surface area contributed by atoms with Gasteiger partial charge in [-0.1, -0.05) is 24.3 Å². The number of aldehydes is 1. The summed E-state index contributed by atoms with van der Waals surface area (Å²) in [4.78, 5) is 10.5. The zero-order valence-electron chi connectivity index (χ0n) is 7.54. The van der Waals surface area contributed by atoms with Crippen molar-refractivity contribution in [2.24, 2.45) is 0 Å². The zero-order valence-corrected chi connectivity index (χ0v) is 11.5. The Morgan fingerprint density at radius 3 is 2.27 bits per heavy atom. The smallest absolute Gasteiger partial charge is 0.150 e. The van der Waals surface area contributed by atoms with Gasteiger partial charge in [0.2, 0.25) is 0 Å². The van der Waals surface area contributed by atoms with Crippen molar-refractivity contribution in [1.82, 2.24) is 0 Å². The van der Waals surface area contributed by atoms with Crippen LogP contribution in [0.4, 0.5) is 0 Å². The number of halogens is 2. The standard InChI is InChI=1S/C11H6Br2OS/c12-10-5-9(11(13)15-10)8-3-1-7(6-14)2-4-8/h1-6H. The highest BCUT2D eigenvalue weighted by Gasteiger charge is 2.07. The van der Waals surface area contributed by atoms with Crippen LogP contribution < -0.4 is 0 Å². The van der Waals surface area contributed by atoms with Gasteiger partial charge in [-0.3, -0.25) is 4.79 Å². The molecule has 2 aromatic rings. The average molecular weight is 346 g/mol. The van der Waals surface area contributed by atoms with E-state index in [-0.39, 0.29) is 0 Å². The molecule has 0 amide bonds. The molecule has 0 aliphatic carbocycles. The van der Waals surface area contributed by atoms with Crippen LogP contribution >= 0.6 is 43.2 Å². The van der Waals surface area contributed by atoms with E-state index in [1.807, 2.05) is 24.3 Å². The van der Waals surface area contributed by atoms with Gasteiger partial charge in [-0.15, -0.1) is 11.3 Å². The van der Waals surface area contributed by atoms with Crippen molar-refractivity contribution in [3.8, 4) is 11.1 Å². The molecule has 2 rings (SSSR count). The first-order chi connectivity index (χ1) is 7.20. The molecule has 4 heteroatoms. The van der Waals surface area contributed by atoms with E-state index in [1.54, 1.807) is 11.3 Å². The quantitative estimate of drug-likeness (QED) is 0.717. The highest BCUT2D eigenvalue weighted by Crippen LogP contribution is 2.38. The SMILES string of the molecule is O=Cc1ccc(-c2cc(Br)sc2Br)cc1. The van der Waals surface area contributed by atoms with Crippen LogP contribution in [0.5, 0.6) is 0 Å². The first kappa shape index (κ1) is 11.0. The summed E-state index contributed by atoms with van der Waals surface area (Å²) in [6.07, 6.45) is 0.850. The lowest BCUT2D eigenvalue weighted by atomic mass is 10.1. The average Bonchev–Trinajstić information content (AvgIpc) is 2.58. The fourth-order valence-electron chi connectivity index (χ4n) is 1.28. The molecule has 1 aromatic heterocycles. The van der Waals surface area contributed by atoms with Gasteiger partial charge in [-0.05, 0) is 43.5 Å². The Morgan fingerprint density at radius 2 is 1.80 bits per heavy atom. The summed E-state index contributed by atoms with van der Waals surface area (Å²) in [5.74, 6) is 0. The van der Waals surface area contributed by atoms with Crippen molar-refractivity contribution in [2.75, 3.05) is 0 Å². The number of hydrogen-bond acceptors (Lipinski definition) is 2. The predicted molar refractivity (Wildman–Crippen MR) is 70.5 cm³/mol. The lowest BCUT2D eigenvalue weighted by Gasteiger charge is -1.98. The van der Waals surface area contributed by atoms with Crippen molar-refractivity contribution in [2.45, 2.75) is 0 Å². The first-order valence-corrected chi connectivity index (χ1v) is 6.61. The van der Waals surface area contributed by atoms with Crippen LogP contribution in [0.15, 0.2) is 37.9 Å². The molecule has 1 heterocycles. The van der Waals surface area contributed by atoms with Crippen LogP contribution in [-0.4, -0.2) is 6.29 Å². The monoisotopic (exact) mass is 344 g/mol. The molecular formula is C11H6Br2OS. The van der Waals surface area contributed by atoms with Crippen LogP contribution in [0.1, 0.15) is 10.4 Å². The summed E-state index contributed by atoms with van der Waals surface area (Å²) in [6, 6.07) is 9.59. The second kappa shape index (κ2) is 4.60. The van der Waals surface area contributed by atoms with E-state index in [9.17, 15) is 4.79 Å². The van der Waals surface area contributed by atoms with Crippen LogP contribution in [-0.2, 0) is 0 Å². The van der Waals surface area contributed by atoms with E-state index in [2.05, 4.69) is 37.9 Å². The summed E-state index contributed by atoms with van der Waals surface area (Å²) in [6.45, 7) is 0. The molecule has 0 spiro atoms. The lowest BCUT2D eigenvalue weighted by Crippen LogP contribution is -1.79. The minimum absolute atomic E-state index is 0.698. The molecule has 1 nitrogen and oxygen atoms in total. The van der Waals surface area contributed by atoms with E-state index >= 15 is 0 Å². The van der Waals surface area contributed by atoms with E-state index in [0.29, 0.717) is 5.56 Å². The zero-order chi connectivity index (χ0) is 10.8. The molecule has 0 saturated carbocycles. The Balaban J connectivity index is 2.45. The molecule has 0 atom stereocenters. The van der Waals surface area contributed by atoms with Crippen LogP contribution in [0.2, 0.25) is 0 Å². The summed E-state index contributed by atoms with van der Waals surface area (Å²) in [5, 5.41) is 0. The van der Waals surface area contributed by atoms with Gasteiger partial charge < -0.3 is 0 Å². The third-order valence-corrected chi connectivity index (χ3v) is 4.35. The highest BCUT2D eigenvalue weighted by molar-refractivity contribution is 9.12. The largest absolute Gasteiger partial charge is 0.298 e. The Bertz CT molecular complexity index is 488. The van der Waals surface area contributed by atoms with Crippen LogP contribution in [0, 0.1) is 0 Å². The van der Waals surface area contributed by atoms with E-state index in [0.717, 1.165) is 25.0 Å². The fraction of sp³-hybridized carbons (Fsp3) is 0. The molecule has 0 fully saturated rings. The normalized spacial score (nSPS) is 10.3. The summed E-state index contributed by atoms with van der Waals surface area (Å²) < 4.78 is 2.18. The molecule has 15 heavy (non-hydrogen) atoms. The number of hydrogen-bond donors (Lipinski definition) is 0. The third kappa shape index (κ3) is 2.38. The van der Waals surface area contributed by atoms with Crippen molar-refractivity contribution < 1.29 is 4.79 Å². The lowest BCUT2D eigenvalue weighted by molar-refractivity contribution is 0.112. The topological polar surface area (TPSA) is 17.1 Å². The maximum atomic E-state index is 10.5. The van der Waals surface area contributed by atoms with Crippen molar-refractivity contribution >= 4 is 49.5 Å². The summed E-state index contributed by atoms with van der Waals surface area (Å²) in [5.41, 5.74) is 2.95. The Kier molecular flexibility index (Phi) is 3.38. The minimum Gasteiger partial charge on any atom is -0.298 e. The van der Waals surface area contributed by atoms with Crippen molar-refractivity contribution in [3.63, 3.8) is 0 Å². The molecule has 76 valence electrons. The Hall–Kier alpha value is -0.450. The number of rotatable bonds is 2. The van der Waals surface area contributed by atoms with Gasteiger partial charge in [-0.2, -0.15) is 0 Å². The molecule has 0 unspecified atom stereocenters. The molecule has 0 bridgehead atoms. The van der Waals surface area contributed by atoms with E-state index in [4.69, 9.17) is 0 Å². The van der Waals surface area contributed by atoms with Crippen molar-refractivity contribution in [1.29, 1.82) is 0 Å². The number of carbonyl (C=O) groups is 1. The molecule has 0 aliphatic rings. The molecule has 1 aromatic carbocycles.